The van der Waals surface area contributed by atoms with Crippen LogP contribution < -0.4 is 0 Å². The van der Waals surface area contributed by atoms with Gasteiger partial charge in [-0.25, -0.2) is 8.78 Å². The van der Waals surface area contributed by atoms with Crippen molar-refractivity contribution in [2.75, 3.05) is 25.6 Å². The van der Waals surface area contributed by atoms with Gasteiger partial charge >= 0.3 is 0 Å². The molecule has 0 bridgehead atoms. The summed E-state index contributed by atoms with van der Waals surface area (Å²) in [5, 5.41) is 0. The van der Waals surface area contributed by atoms with E-state index >= 15 is 0 Å². The summed E-state index contributed by atoms with van der Waals surface area (Å²) in [4.78, 5) is 13.4. The van der Waals surface area contributed by atoms with Crippen LogP contribution in [0.1, 0.15) is 19.3 Å². The van der Waals surface area contributed by atoms with Gasteiger partial charge in [-0.15, -0.1) is 11.6 Å². The lowest BCUT2D eigenvalue weighted by atomic mass is 10.2. The summed E-state index contributed by atoms with van der Waals surface area (Å²) in [6, 6.07) is 0.101. The Kier molecular flexibility index (Phi) is 5.98. The highest BCUT2D eigenvalue weighted by molar-refractivity contribution is 6.18. The molecule has 3 nitrogen and oxygen atoms in total. The molecular formula is C10H16ClF2NO2. The molecule has 0 radical (unpaired) electrons. The molecular weight excluding hydrogens is 240 g/mol. The van der Waals surface area contributed by atoms with Crippen molar-refractivity contribution >= 4 is 17.5 Å². The van der Waals surface area contributed by atoms with Crippen LogP contribution in [0.25, 0.3) is 0 Å². The first-order chi connectivity index (χ1) is 7.65. The van der Waals surface area contributed by atoms with Crippen molar-refractivity contribution in [2.45, 2.75) is 31.7 Å². The van der Waals surface area contributed by atoms with Crippen LogP contribution in [-0.4, -0.2) is 48.9 Å². The van der Waals surface area contributed by atoms with Crippen molar-refractivity contribution in [1.29, 1.82) is 0 Å². The topological polar surface area (TPSA) is 29.5 Å². The normalized spacial score (nSPS) is 20.8. The van der Waals surface area contributed by atoms with Gasteiger partial charge in [0.1, 0.15) is 6.61 Å². The van der Waals surface area contributed by atoms with Crippen LogP contribution in [0.4, 0.5) is 8.78 Å². The van der Waals surface area contributed by atoms with Gasteiger partial charge in [0.25, 0.3) is 6.43 Å². The number of rotatable bonds is 6. The molecule has 1 atom stereocenters. The molecule has 0 spiro atoms. The molecule has 1 heterocycles. The third kappa shape index (κ3) is 4.22. The number of halogens is 3. The van der Waals surface area contributed by atoms with Gasteiger partial charge in [0.15, 0.2) is 0 Å². The lowest BCUT2D eigenvalue weighted by molar-refractivity contribution is -0.133. The van der Waals surface area contributed by atoms with E-state index in [2.05, 4.69) is 4.74 Å². The standard InChI is InChI=1S/C10H16ClF2NO2/c11-6-8-2-1-4-14(8)10(15)3-5-16-7-9(12)13/h8-9H,1-7H2. The summed E-state index contributed by atoms with van der Waals surface area (Å²) in [6.07, 6.45) is -0.439. The fourth-order valence-electron chi connectivity index (χ4n) is 1.80. The molecule has 0 aliphatic carbocycles. The second kappa shape index (κ2) is 7.01. The molecule has 94 valence electrons. The van der Waals surface area contributed by atoms with Crippen LogP contribution in [0.2, 0.25) is 0 Å². The number of amides is 1. The highest BCUT2D eigenvalue weighted by Crippen LogP contribution is 2.19. The summed E-state index contributed by atoms with van der Waals surface area (Å²) in [6.45, 7) is 0.159. The van der Waals surface area contributed by atoms with Crippen molar-refractivity contribution in [3.05, 3.63) is 0 Å². The smallest absolute Gasteiger partial charge is 0.261 e. The van der Waals surface area contributed by atoms with Crippen LogP contribution in [0, 0.1) is 0 Å². The van der Waals surface area contributed by atoms with E-state index in [1.165, 1.54) is 0 Å². The fraction of sp³-hybridized carbons (Fsp3) is 0.900. The third-order valence-corrected chi connectivity index (χ3v) is 2.94. The van der Waals surface area contributed by atoms with Crippen LogP contribution in [0.5, 0.6) is 0 Å². The molecule has 1 rings (SSSR count). The Bertz CT molecular complexity index is 229. The van der Waals surface area contributed by atoms with E-state index in [-0.39, 0.29) is 25.0 Å². The highest BCUT2D eigenvalue weighted by Gasteiger charge is 2.27. The van der Waals surface area contributed by atoms with Gasteiger partial charge < -0.3 is 9.64 Å². The lowest BCUT2D eigenvalue weighted by Crippen LogP contribution is -2.37. The number of hydrogen-bond donors (Lipinski definition) is 0. The molecule has 1 aliphatic heterocycles. The zero-order chi connectivity index (χ0) is 12.0. The van der Waals surface area contributed by atoms with Crippen LogP contribution >= 0.6 is 11.6 Å². The van der Waals surface area contributed by atoms with E-state index in [1.54, 1.807) is 4.90 Å². The number of carbonyl (C=O) groups excluding carboxylic acids is 1. The molecule has 0 saturated carbocycles. The summed E-state index contributed by atoms with van der Waals surface area (Å²) in [5.41, 5.74) is 0. The van der Waals surface area contributed by atoms with E-state index in [9.17, 15) is 13.6 Å². The Morgan fingerprint density at radius 2 is 2.31 bits per heavy atom. The first kappa shape index (κ1) is 13.6. The van der Waals surface area contributed by atoms with Crippen LogP contribution in [0.3, 0.4) is 0 Å². The summed E-state index contributed by atoms with van der Waals surface area (Å²) < 4.78 is 28.1. The number of ether oxygens (including phenoxy) is 1. The van der Waals surface area contributed by atoms with Crippen molar-refractivity contribution < 1.29 is 18.3 Å². The van der Waals surface area contributed by atoms with Gasteiger partial charge in [0.2, 0.25) is 5.91 Å². The second-order valence-corrected chi connectivity index (χ2v) is 4.06. The van der Waals surface area contributed by atoms with Crippen molar-refractivity contribution in [3.8, 4) is 0 Å². The van der Waals surface area contributed by atoms with E-state index in [0.29, 0.717) is 12.4 Å². The number of nitrogens with zero attached hydrogens (tertiary/aromatic N) is 1. The second-order valence-electron chi connectivity index (χ2n) is 3.75. The van der Waals surface area contributed by atoms with Crippen LogP contribution in [0.15, 0.2) is 0 Å². The first-order valence-corrected chi connectivity index (χ1v) is 5.90. The summed E-state index contributed by atoms with van der Waals surface area (Å²) in [5.74, 6) is 0.376. The molecule has 0 aromatic rings. The van der Waals surface area contributed by atoms with Gasteiger partial charge in [-0.1, -0.05) is 0 Å². The zero-order valence-corrected chi connectivity index (χ0v) is 9.76. The minimum Gasteiger partial charge on any atom is -0.375 e. The highest BCUT2D eigenvalue weighted by atomic mass is 35.5. The van der Waals surface area contributed by atoms with E-state index in [0.717, 1.165) is 12.8 Å². The predicted octanol–water partition coefficient (Wildman–Crippen LogP) is 1.89. The molecule has 1 aliphatic rings. The number of alkyl halides is 3. The van der Waals surface area contributed by atoms with Crippen molar-refractivity contribution in [2.24, 2.45) is 0 Å². The van der Waals surface area contributed by atoms with Gasteiger partial charge in [-0.3, -0.25) is 4.79 Å². The largest absolute Gasteiger partial charge is 0.375 e. The van der Waals surface area contributed by atoms with E-state index < -0.39 is 13.0 Å². The van der Waals surface area contributed by atoms with E-state index in [1.807, 2.05) is 0 Å². The molecule has 1 amide bonds. The monoisotopic (exact) mass is 255 g/mol. The number of hydrogen-bond acceptors (Lipinski definition) is 2. The molecule has 6 heteroatoms. The minimum absolute atomic E-state index is 0.0503. The molecule has 1 fully saturated rings. The Morgan fingerprint density at radius 1 is 1.56 bits per heavy atom. The van der Waals surface area contributed by atoms with Gasteiger partial charge in [0.05, 0.1) is 13.0 Å². The Morgan fingerprint density at radius 3 is 2.94 bits per heavy atom. The Labute approximate surface area is 98.7 Å². The van der Waals surface area contributed by atoms with E-state index in [4.69, 9.17) is 11.6 Å². The maximum Gasteiger partial charge on any atom is 0.261 e. The molecule has 16 heavy (non-hydrogen) atoms. The number of carbonyl (C=O) groups is 1. The van der Waals surface area contributed by atoms with Crippen LogP contribution in [-0.2, 0) is 9.53 Å². The first-order valence-electron chi connectivity index (χ1n) is 5.36. The lowest BCUT2D eigenvalue weighted by Gasteiger charge is -2.22. The Hall–Kier alpha value is -0.420. The average Bonchev–Trinajstić information content (AvgIpc) is 2.71. The van der Waals surface area contributed by atoms with Gasteiger partial charge in [-0.2, -0.15) is 0 Å². The maximum absolute atomic E-state index is 11.7. The zero-order valence-electron chi connectivity index (χ0n) is 9.00. The Balaban J connectivity index is 2.19. The molecule has 1 saturated heterocycles. The quantitative estimate of drug-likeness (QED) is 0.536. The molecule has 1 unspecified atom stereocenters. The molecule has 0 N–H and O–H groups in total. The van der Waals surface area contributed by atoms with Crippen molar-refractivity contribution in [3.63, 3.8) is 0 Å². The third-order valence-electron chi connectivity index (χ3n) is 2.58. The minimum atomic E-state index is -2.47. The molecule has 0 aromatic carbocycles. The van der Waals surface area contributed by atoms with Gasteiger partial charge in [-0.05, 0) is 12.8 Å². The summed E-state index contributed by atoms with van der Waals surface area (Å²) >= 11 is 5.73. The maximum atomic E-state index is 11.7. The fourth-order valence-corrected chi connectivity index (χ4v) is 2.12. The van der Waals surface area contributed by atoms with Gasteiger partial charge in [0, 0.05) is 18.5 Å². The summed E-state index contributed by atoms with van der Waals surface area (Å²) in [7, 11) is 0. The predicted molar refractivity (Wildman–Crippen MR) is 56.9 cm³/mol. The average molecular weight is 256 g/mol. The number of likely N-dealkylation sites (tertiary alicyclic amines) is 1. The van der Waals surface area contributed by atoms with Crippen molar-refractivity contribution in [1.82, 2.24) is 4.90 Å². The molecule has 0 aromatic heterocycles. The SMILES string of the molecule is O=C(CCOCC(F)F)N1CCCC1CCl.